The van der Waals surface area contributed by atoms with Crippen LogP contribution < -0.4 is 10.7 Å². The van der Waals surface area contributed by atoms with Crippen molar-refractivity contribution in [3.05, 3.63) is 21.7 Å². The first-order valence-electron chi connectivity index (χ1n) is 6.10. The fraction of sp³-hybridized carbons (Fsp3) is 0.500. The molecule has 1 aromatic heterocycles. The third kappa shape index (κ3) is 4.50. The van der Waals surface area contributed by atoms with Gasteiger partial charge in [0, 0.05) is 13.1 Å². The molecule has 0 unspecified atom stereocenters. The zero-order chi connectivity index (χ0) is 13.7. The maximum Gasteiger partial charge on any atom is 0.307 e. The van der Waals surface area contributed by atoms with Gasteiger partial charge in [-0.1, -0.05) is 0 Å². The van der Waals surface area contributed by atoms with Crippen molar-refractivity contribution in [2.45, 2.75) is 6.42 Å². The molecule has 0 bridgehead atoms. The van der Waals surface area contributed by atoms with E-state index < -0.39 is 5.97 Å². The minimum absolute atomic E-state index is 0.281. The van der Waals surface area contributed by atoms with E-state index in [4.69, 9.17) is 9.52 Å². The van der Waals surface area contributed by atoms with Gasteiger partial charge in [0.25, 0.3) is 0 Å². The van der Waals surface area contributed by atoms with Crippen LogP contribution in [0.4, 0.5) is 0 Å². The first kappa shape index (κ1) is 14.3. The minimum Gasteiger partial charge on any atom is -0.481 e. The lowest BCUT2D eigenvalue weighted by Gasteiger charge is -2.27. The Morgan fingerprint density at radius 2 is 2.47 bits per heavy atom. The van der Waals surface area contributed by atoms with E-state index in [1.54, 1.807) is 6.21 Å². The normalized spacial score (nSPS) is 23.6. The average molecular weight is 377 g/mol. The number of hydrazone groups is 1. The average Bonchev–Trinajstić information content (AvgIpc) is 2.81. The van der Waals surface area contributed by atoms with Gasteiger partial charge in [-0.25, -0.2) is 0 Å². The molecule has 0 spiro atoms. The lowest BCUT2D eigenvalue weighted by Crippen LogP contribution is -2.42. The fourth-order valence-corrected chi connectivity index (χ4v) is 2.50. The summed E-state index contributed by atoms with van der Waals surface area (Å²) in [7, 11) is 0. The van der Waals surface area contributed by atoms with Crippen LogP contribution in [0.15, 0.2) is 21.7 Å². The third-order valence-electron chi connectivity index (χ3n) is 3.05. The predicted octanol–water partition coefficient (Wildman–Crippen LogP) is 1.12. The van der Waals surface area contributed by atoms with Crippen molar-refractivity contribution in [3.8, 4) is 0 Å². The number of rotatable bonds is 5. The van der Waals surface area contributed by atoms with E-state index in [-0.39, 0.29) is 11.8 Å². The Hall–Kier alpha value is -1.09. The van der Waals surface area contributed by atoms with Crippen molar-refractivity contribution in [3.63, 3.8) is 0 Å². The van der Waals surface area contributed by atoms with Gasteiger partial charge < -0.3 is 20.3 Å². The predicted molar refractivity (Wildman–Crippen MR) is 79.1 cm³/mol. The summed E-state index contributed by atoms with van der Waals surface area (Å²) in [4.78, 5) is 10.9. The van der Waals surface area contributed by atoms with Crippen LogP contribution in [0.2, 0.25) is 0 Å². The number of nitrogens with zero attached hydrogens (tertiary/aromatic N) is 1. The van der Waals surface area contributed by atoms with E-state index in [0.717, 1.165) is 10.3 Å². The summed E-state index contributed by atoms with van der Waals surface area (Å²) in [5.41, 5.74) is 2.95. The number of aliphatic carboxylic acids is 1. The molecular weight excluding hydrogens is 361 g/mol. The van der Waals surface area contributed by atoms with Crippen LogP contribution in [-0.2, 0) is 4.79 Å². The molecule has 104 valence electrons. The van der Waals surface area contributed by atoms with Crippen molar-refractivity contribution in [2.24, 2.45) is 16.9 Å². The largest absolute Gasteiger partial charge is 0.481 e. The minimum atomic E-state index is -0.731. The number of hydrogen-bond acceptors (Lipinski definition) is 5. The molecule has 6 nitrogen and oxygen atoms in total. The van der Waals surface area contributed by atoms with Gasteiger partial charge in [-0.05, 0) is 53.6 Å². The molecule has 1 aliphatic heterocycles. The van der Waals surface area contributed by atoms with Gasteiger partial charge in [0.2, 0.25) is 0 Å². The second kappa shape index (κ2) is 6.90. The standard InChI is InChI=1S/C12H16IN3O3/c13-11-2-1-10(19-11)7-16-15-5-8-3-9(12(17)18)6-14-4-8/h1-2,7-9,14-15H,3-6H2,(H,17,18)/b16-7+/t8-,9+/m0/s1. The number of furan rings is 1. The molecule has 1 saturated heterocycles. The summed E-state index contributed by atoms with van der Waals surface area (Å²) >= 11 is 2.09. The van der Waals surface area contributed by atoms with Crippen molar-refractivity contribution >= 4 is 34.8 Å². The number of nitrogens with one attached hydrogen (secondary N) is 2. The number of hydrogen-bond donors (Lipinski definition) is 3. The van der Waals surface area contributed by atoms with Crippen LogP contribution in [-0.4, -0.2) is 36.9 Å². The lowest BCUT2D eigenvalue weighted by molar-refractivity contribution is -0.142. The van der Waals surface area contributed by atoms with E-state index in [9.17, 15) is 4.79 Å². The molecule has 2 rings (SSSR count). The van der Waals surface area contributed by atoms with Crippen LogP contribution in [0, 0.1) is 15.6 Å². The Morgan fingerprint density at radius 3 is 3.16 bits per heavy atom. The first-order valence-corrected chi connectivity index (χ1v) is 7.18. The van der Waals surface area contributed by atoms with Gasteiger partial charge in [-0.15, -0.1) is 0 Å². The highest BCUT2D eigenvalue weighted by molar-refractivity contribution is 14.1. The van der Waals surface area contributed by atoms with Crippen LogP contribution in [0.1, 0.15) is 12.2 Å². The van der Waals surface area contributed by atoms with Crippen molar-refractivity contribution in [1.82, 2.24) is 10.7 Å². The molecule has 19 heavy (non-hydrogen) atoms. The van der Waals surface area contributed by atoms with Gasteiger partial charge in [0.05, 0.1) is 12.1 Å². The fourth-order valence-electron chi connectivity index (χ4n) is 2.06. The van der Waals surface area contributed by atoms with Gasteiger partial charge in [-0.3, -0.25) is 4.79 Å². The molecule has 1 aromatic rings. The molecule has 0 aromatic carbocycles. The van der Waals surface area contributed by atoms with Crippen molar-refractivity contribution in [1.29, 1.82) is 0 Å². The number of piperidine rings is 1. The van der Waals surface area contributed by atoms with Gasteiger partial charge >= 0.3 is 5.97 Å². The Kier molecular flexibility index (Phi) is 5.20. The number of halogens is 1. The zero-order valence-corrected chi connectivity index (χ0v) is 12.5. The van der Waals surface area contributed by atoms with E-state index in [1.807, 2.05) is 12.1 Å². The number of carbonyl (C=O) groups is 1. The molecule has 2 heterocycles. The van der Waals surface area contributed by atoms with Crippen LogP contribution in [0.5, 0.6) is 0 Å². The van der Waals surface area contributed by atoms with Gasteiger partial charge in [0.1, 0.15) is 5.76 Å². The monoisotopic (exact) mass is 377 g/mol. The SMILES string of the molecule is O=C(O)[C@H]1CNC[C@@H](CN/N=C/c2ccc(I)o2)C1. The second-order valence-electron chi connectivity index (χ2n) is 4.56. The van der Waals surface area contributed by atoms with Gasteiger partial charge in [0.15, 0.2) is 3.77 Å². The molecule has 3 N–H and O–H groups in total. The topological polar surface area (TPSA) is 86.9 Å². The smallest absolute Gasteiger partial charge is 0.307 e. The molecule has 0 aliphatic carbocycles. The van der Waals surface area contributed by atoms with Crippen LogP contribution in [0.25, 0.3) is 0 Å². The Morgan fingerprint density at radius 1 is 1.63 bits per heavy atom. The molecule has 2 atom stereocenters. The van der Waals surface area contributed by atoms with Crippen LogP contribution in [0.3, 0.4) is 0 Å². The highest BCUT2D eigenvalue weighted by Crippen LogP contribution is 2.15. The summed E-state index contributed by atoms with van der Waals surface area (Å²) < 4.78 is 6.15. The lowest BCUT2D eigenvalue weighted by atomic mass is 9.91. The maximum absolute atomic E-state index is 10.9. The van der Waals surface area contributed by atoms with Crippen molar-refractivity contribution in [2.75, 3.05) is 19.6 Å². The summed E-state index contributed by atoms with van der Waals surface area (Å²) in [5.74, 6) is -0.0483. The molecule has 1 fully saturated rings. The molecular formula is C12H16IN3O3. The van der Waals surface area contributed by atoms with Crippen molar-refractivity contribution < 1.29 is 14.3 Å². The Bertz CT molecular complexity index is 461. The maximum atomic E-state index is 10.9. The molecule has 7 heteroatoms. The molecule has 1 aliphatic rings. The quantitative estimate of drug-likeness (QED) is 0.407. The Labute approximate surface area is 124 Å². The molecule has 0 saturated carbocycles. The highest BCUT2D eigenvalue weighted by atomic mass is 127. The second-order valence-corrected chi connectivity index (χ2v) is 5.62. The zero-order valence-electron chi connectivity index (χ0n) is 10.3. The van der Waals surface area contributed by atoms with Crippen LogP contribution >= 0.6 is 22.6 Å². The summed E-state index contributed by atoms with van der Waals surface area (Å²) in [6, 6.07) is 3.71. The van der Waals surface area contributed by atoms with E-state index >= 15 is 0 Å². The van der Waals surface area contributed by atoms with E-state index in [2.05, 4.69) is 38.4 Å². The first-order chi connectivity index (χ1) is 9.15. The molecule has 0 amide bonds. The van der Waals surface area contributed by atoms with E-state index in [0.29, 0.717) is 25.3 Å². The van der Waals surface area contributed by atoms with Gasteiger partial charge in [-0.2, -0.15) is 5.10 Å². The number of carboxylic acids is 1. The van der Waals surface area contributed by atoms with E-state index in [1.165, 1.54) is 0 Å². The summed E-state index contributed by atoms with van der Waals surface area (Å²) in [6.45, 7) is 2.04. The third-order valence-corrected chi connectivity index (χ3v) is 3.63. The summed E-state index contributed by atoms with van der Waals surface area (Å²) in [5, 5.41) is 16.2. The number of carboxylic acid groups (broad SMARTS) is 1. The summed E-state index contributed by atoms with van der Waals surface area (Å²) in [6.07, 6.45) is 2.30. The molecule has 0 radical (unpaired) electrons. The Balaban J connectivity index is 1.73. The highest BCUT2D eigenvalue weighted by Gasteiger charge is 2.26.